The second kappa shape index (κ2) is 6.67. The van der Waals surface area contributed by atoms with Crippen molar-refractivity contribution in [2.45, 2.75) is 44.2 Å². The van der Waals surface area contributed by atoms with E-state index in [1.54, 1.807) is 6.20 Å². The zero-order chi connectivity index (χ0) is 11.1. The molecule has 0 atom stereocenters. The molecule has 3 nitrogen and oxygen atoms in total. The van der Waals surface area contributed by atoms with Crippen molar-refractivity contribution in [1.29, 1.82) is 0 Å². The van der Waals surface area contributed by atoms with Gasteiger partial charge in [0.1, 0.15) is 0 Å². The van der Waals surface area contributed by atoms with Gasteiger partial charge in [0.25, 0.3) is 5.56 Å². The minimum absolute atomic E-state index is 0.0193. The van der Waals surface area contributed by atoms with E-state index < -0.39 is 0 Å². The lowest BCUT2D eigenvalue weighted by atomic mass is 10.1. The third-order valence-electron chi connectivity index (χ3n) is 2.34. The van der Waals surface area contributed by atoms with Crippen molar-refractivity contribution in [3.63, 3.8) is 0 Å². The van der Waals surface area contributed by atoms with Gasteiger partial charge in [0.2, 0.25) is 0 Å². The molecule has 0 saturated heterocycles. The van der Waals surface area contributed by atoms with Crippen LogP contribution in [0.2, 0.25) is 0 Å². The summed E-state index contributed by atoms with van der Waals surface area (Å²) in [6.07, 6.45) is 9.19. The summed E-state index contributed by atoms with van der Waals surface area (Å²) in [6, 6.07) is 0. The summed E-state index contributed by atoms with van der Waals surface area (Å²) >= 11 is 1.46. The van der Waals surface area contributed by atoms with E-state index in [2.05, 4.69) is 16.9 Å². The zero-order valence-electron chi connectivity index (χ0n) is 9.38. The molecule has 1 rings (SSSR count). The molecule has 0 saturated carbocycles. The van der Waals surface area contributed by atoms with Gasteiger partial charge in [-0.2, -0.15) is 0 Å². The van der Waals surface area contributed by atoms with Crippen LogP contribution in [0, 0.1) is 0 Å². The van der Waals surface area contributed by atoms with Crippen molar-refractivity contribution >= 4 is 11.8 Å². The van der Waals surface area contributed by atoms with Crippen molar-refractivity contribution in [2.75, 3.05) is 6.26 Å². The van der Waals surface area contributed by atoms with Gasteiger partial charge in [-0.05, 0) is 19.1 Å². The van der Waals surface area contributed by atoms with Crippen LogP contribution in [0.25, 0.3) is 0 Å². The van der Waals surface area contributed by atoms with Crippen molar-refractivity contribution < 1.29 is 0 Å². The van der Waals surface area contributed by atoms with Crippen molar-refractivity contribution in [3.8, 4) is 0 Å². The standard InChI is InChI=1S/C11H18N2OS/c1-3-4-5-6-7-9-8-12-11(15-2)13-10(9)14/h8H,3-7H2,1-2H3,(H,12,13,14). The number of hydrogen-bond donors (Lipinski definition) is 1. The Morgan fingerprint density at radius 3 is 2.80 bits per heavy atom. The van der Waals surface area contributed by atoms with Gasteiger partial charge in [0.15, 0.2) is 5.16 Å². The lowest BCUT2D eigenvalue weighted by Crippen LogP contribution is -2.14. The average molecular weight is 226 g/mol. The van der Waals surface area contributed by atoms with E-state index in [1.807, 2.05) is 6.26 Å². The molecule has 0 aromatic carbocycles. The van der Waals surface area contributed by atoms with E-state index in [1.165, 1.54) is 31.0 Å². The maximum absolute atomic E-state index is 11.6. The number of aromatic nitrogens is 2. The zero-order valence-corrected chi connectivity index (χ0v) is 10.2. The molecule has 0 aliphatic carbocycles. The van der Waals surface area contributed by atoms with Crippen molar-refractivity contribution in [1.82, 2.24) is 9.97 Å². The van der Waals surface area contributed by atoms with Crippen LogP contribution in [-0.2, 0) is 6.42 Å². The number of thioether (sulfide) groups is 1. The van der Waals surface area contributed by atoms with E-state index >= 15 is 0 Å². The summed E-state index contributed by atoms with van der Waals surface area (Å²) in [6.45, 7) is 2.18. The molecule has 84 valence electrons. The smallest absolute Gasteiger partial charge is 0.254 e. The third-order valence-corrected chi connectivity index (χ3v) is 2.94. The van der Waals surface area contributed by atoms with E-state index in [9.17, 15) is 4.79 Å². The number of aryl methyl sites for hydroxylation is 1. The Balaban J connectivity index is 2.51. The molecule has 0 unspecified atom stereocenters. The highest BCUT2D eigenvalue weighted by Gasteiger charge is 2.01. The fraction of sp³-hybridized carbons (Fsp3) is 0.636. The van der Waals surface area contributed by atoms with Gasteiger partial charge in [0, 0.05) is 11.8 Å². The van der Waals surface area contributed by atoms with Gasteiger partial charge in [0.05, 0.1) is 0 Å². The highest BCUT2D eigenvalue weighted by Crippen LogP contribution is 2.07. The minimum Gasteiger partial charge on any atom is -0.301 e. The second-order valence-electron chi connectivity index (χ2n) is 3.56. The molecule has 0 radical (unpaired) electrons. The molecule has 0 fully saturated rings. The van der Waals surface area contributed by atoms with Crippen LogP contribution in [0.4, 0.5) is 0 Å². The number of aromatic amines is 1. The van der Waals surface area contributed by atoms with E-state index in [0.717, 1.165) is 18.4 Å². The van der Waals surface area contributed by atoms with Crippen LogP contribution in [0.5, 0.6) is 0 Å². The molecule has 15 heavy (non-hydrogen) atoms. The molecule has 0 bridgehead atoms. The summed E-state index contributed by atoms with van der Waals surface area (Å²) < 4.78 is 0. The SMILES string of the molecule is CCCCCCc1cnc(SC)[nH]c1=O. The van der Waals surface area contributed by atoms with Gasteiger partial charge < -0.3 is 4.98 Å². The highest BCUT2D eigenvalue weighted by atomic mass is 32.2. The number of nitrogens with zero attached hydrogens (tertiary/aromatic N) is 1. The average Bonchev–Trinajstić information content (AvgIpc) is 2.26. The molecule has 0 aliphatic heterocycles. The largest absolute Gasteiger partial charge is 0.301 e. The summed E-state index contributed by atoms with van der Waals surface area (Å²) in [4.78, 5) is 18.5. The number of H-pyrrole nitrogens is 1. The van der Waals surface area contributed by atoms with Crippen LogP contribution in [0.15, 0.2) is 16.1 Å². The van der Waals surface area contributed by atoms with Crippen molar-refractivity contribution in [3.05, 3.63) is 22.1 Å². The molecule has 0 spiro atoms. The second-order valence-corrected chi connectivity index (χ2v) is 4.35. The Morgan fingerprint density at radius 2 is 2.20 bits per heavy atom. The van der Waals surface area contributed by atoms with E-state index in [-0.39, 0.29) is 5.56 Å². The number of nitrogens with one attached hydrogen (secondary N) is 1. The van der Waals surface area contributed by atoms with E-state index in [4.69, 9.17) is 0 Å². The molecule has 1 heterocycles. The number of hydrogen-bond acceptors (Lipinski definition) is 3. The Hall–Kier alpha value is -0.770. The minimum atomic E-state index is 0.0193. The van der Waals surface area contributed by atoms with Crippen LogP contribution < -0.4 is 5.56 Å². The van der Waals surface area contributed by atoms with Crippen LogP contribution in [-0.4, -0.2) is 16.2 Å². The molecular formula is C11H18N2OS. The number of rotatable bonds is 6. The quantitative estimate of drug-likeness (QED) is 0.461. The first-order valence-corrected chi connectivity index (χ1v) is 6.62. The molecular weight excluding hydrogens is 208 g/mol. The van der Waals surface area contributed by atoms with Crippen LogP contribution >= 0.6 is 11.8 Å². The Bertz CT molecular complexity index is 349. The molecule has 1 N–H and O–H groups in total. The fourth-order valence-corrected chi connectivity index (χ4v) is 1.78. The van der Waals surface area contributed by atoms with Crippen LogP contribution in [0.1, 0.15) is 38.2 Å². The van der Waals surface area contributed by atoms with Gasteiger partial charge >= 0.3 is 0 Å². The van der Waals surface area contributed by atoms with Gasteiger partial charge in [-0.15, -0.1) is 0 Å². The predicted octanol–water partition coefficient (Wildman–Crippen LogP) is 2.61. The molecule has 0 amide bonds. The van der Waals surface area contributed by atoms with Crippen molar-refractivity contribution in [2.24, 2.45) is 0 Å². The first-order valence-electron chi connectivity index (χ1n) is 5.40. The summed E-state index contributed by atoms with van der Waals surface area (Å²) in [5, 5.41) is 0.692. The van der Waals surface area contributed by atoms with E-state index in [0.29, 0.717) is 5.16 Å². The normalized spacial score (nSPS) is 10.5. The third kappa shape index (κ3) is 4.08. The Morgan fingerprint density at radius 1 is 1.40 bits per heavy atom. The summed E-state index contributed by atoms with van der Waals surface area (Å²) in [5.41, 5.74) is 0.828. The maximum atomic E-state index is 11.6. The lowest BCUT2D eigenvalue weighted by Gasteiger charge is -2.01. The monoisotopic (exact) mass is 226 g/mol. The predicted molar refractivity (Wildman–Crippen MR) is 64.5 cm³/mol. The molecule has 0 aliphatic rings. The Labute approximate surface area is 94.7 Å². The van der Waals surface area contributed by atoms with Gasteiger partial charge in [-0.1, -0.05) is 37.9 Å². The van der Waals surface area contributed by atoms with Crippen LogP contribution in [0.3, 0.4) is 0 Å². The molecule has 1 aromatic heterocycles. The first-order chi connectivity index (χ1) is 7.27. The summed E-state index contributed by atoms with van der Waals surface area (Å²) in [5.74, 6) is 0. The molecule has 1 aromatic rings. The van der Waals surface area contributed by atoms with Gasteiger partial charge in [-0.3, -0.25) is 4.79 Å². The number of unbranched alkanes of at least 4 members (excludes halogenated alkanes) is 3. The first kappa shape index (κ1) is 12.3. The highest BCUT2D eigenvalue weighted by molar-refractivity contribution is 7.98. The summed E-state index contributed by atoms with van der Waals surface area (Å²) in [7, 11) is 0. The topological polar surface area (TPSA) is 45.8 Å². The maximum Gasteiger partial charge on any atom is 0.254 e. The lowest BCUT2D eigenvalue weighted by molar-refractivity contribution is 0.661. The van der Waals surface area contributed by atoms with Gasteiger partial charge in [-0.25, -0.2) is 4.98 Å². The molecule has 4 heteroatoms. The fourth-order valence-electron chi connectivity index (χ4n) is 1.43. The Kier molecular flexibility index (Phi) is 5.47.